The highest BCUT2D eigenvalue weighted by molar-refractivity contribution is 6.20. The highest BCUT2D eigenvalue weighted by Gasteiger charge is 2.14. The summed E-state index contributed by atoms with van der Waals surface area (Å²) < 4.78 is 15.6. The molecule has 0 atom stereocenters. The molecule has 0 aromatic heterocycles. The van der Waals surface area contributed by atoms with Gasteiger partial charge in [0.05, 0.1) is 26.9 Å². The number of aliphatic carboxylic acids is 1. The Hall–Kier alpha value is -2.95. The molecule has 2 aromatic rings. The van der Waals surface area contributed by atoms with E-state index in [0.717, 1.165) is 5.56 Å². The lowest BCUT2D eigenvalue weighted by atomic mass is 10.0. The molecule has 0 fully saturated rings. The van der Waals surface area contributed by atoms with Crippen LogP contribution in [0.2, 0.25) is 0 Å². The van der Waals surface area contributed by atoms with Crippen molar-refractivity contribution in [1.82, 2.24) is 0 Å². The lowest BCUT2D eigenvalue weighted by molar-refractivity contribution is -0.130. The van der Waals surface area contributed by atoms with Crippen molar-refractivity contribution >= 4 is 17.6 Å². The molecule has 0 saturated heterocycles. The lowest BCUT2D eigenvalue weighted by Crippen LogP contribution is -2.01. The van der Waals surface area contributed by atoms with Crippen LogP contribution in [0.4, 0.5) is 0 Å². The maximum atomic E-state index is 11.6. The zero-order valence-corrected chi connectivity index (χ0v) is 13.2. The van der Waals surface area contributed by atoms with E-state index >= 15 is 0 Å². The summed E-state index contributed by atoms with van der Waals surface area (Å²) in [6.07, 6.45) is 1.59. The molecule has 0 amide bonds. The highest BCUT2D eigenvalue weighted by atomic mass is 16.5. The van der Waals surface area contributed by atoms with Crippen molar-refractivity contribution < 1.29 is 24.1 Å². The highest BCUT2D eigenvalue weighted by Crippen LogP contribution is 2.31. The molecule has 5 nitrogen and oxygen atoms in total. The number of hydrogen-bond acceptors (Lipinski definition) is 4. The number of ether oxygens (including phenoxy) is 3. The van der Waals surface area contributed by atoms with Crippen LogP contribution in [0.1, 0.15) is 11.1 Å². The van der Waals surface area contributed by atoms with Gasteiger partial charge in [-0.05, 0) is 41.5 Å². The molecule has 2 aromatic carbocycles. The Labute approximate surface area is 134 Å². The van der Waals surface area contributed by atoms with Gasteiger partial charge in [-0.1, -0.05) is 18.2 Å². The summed E-state index contributed by atoms with van der Waals surface area (Å²) in [4.78, 5) is 11.6. The Morgan fingerprint density at radius 2 is 1.70 bits per heavy atom. The molecule has 0 spiro atoms. The minimum absolute atomic E-state index is 0.152. The fourth-order valence-corrected chi connectivity index (χ4v) is 2.17. The monoisotopic (exact) mass is 314 g/mol. The number of rotatable bonds is 6. The van der Waals surface area contributed by atoms with E-state index in [-0.39, 0.29) is 5.57 Å². The van der Waals surface area contributed by atoms with Crippen LogP contribution in [0.5, 0.6) is 17.2 Å². The molecule has 0 aliphatic rings. The molecule has 0 unspecified atom stereocenters. The Morgan fingerprint density at radius 3 is 2.30 bits per heavy atom. The predicted octanol–water partition coefficient (Wildman–Crippen LogP) is 3.34. The van der Waals surface area contributed by atoms with Crippen LogP contribution in [-0.4, -0.2) is 32.4 Å². The van der Waals surface area contributed by atoms with E-state index < -0.39 is 5.97 Å². The molecule has 0 aliphatic carbocycles. The third-order valence-corrected chi connectivity index (χ3v) is 3.33. The van der Waals surface area contributed by atoms with Crippen molar-refractivity contribution in [2.75, 3.05) is 21.3 Å². The summed E-state index contributed by atoms with van der Waals surface area (Å²) in [5, 5.41) is 9.53. The van der Waals surface area contributed by atoms with Gasteiger partial charge < -0.3 is 19.3 Å². The van der Waals surface area contributed by atoms with E-state index in [0.29, 0.717) is 22.8 Å². The molecular formula is C18H18O5. The van der Waals surface area contributed by atoms with Crippen molar-refractivity contribution in [2.24, 2.45) is 0 Å². The number of carbonyl (C=O) groups is 1. The summed E-state index contributed by atoms with van der Waals surface area (Å²) in [6.45, 7) is 0. The molecule has 120 valence electrons. The molecule has 23 heavy (non-hydrogen) atoms. The summed E-state index contributed by atoms with van der Waals surface area (Å²) >= 11 is 0. The second-order valence-electron chi connectivity index (χ2n) is 4.71. The second-order valence-corrected chi connectivity index (χ2v) is 4.71. The van der Waals surface area contributed by atoms with Crippen molar-refractivity contribution in [3.05, 3.63) is 53.6 Å². The van der Waals surface area contributed by atoms with E-state index in [2.05, 4.69) is 0 Å². The van der Waals surface area contributed by atoms with E-state index in [9.17, 15) is 9.90 Å². The Morgan fingerprint density at radius 1 is 0.957 bits per heavy atom. The molecule has 0 heterocycles. The van der Waals surface area contributed by atoms with Crippen molar-refractivity contribution in [1.29, 1.82) is 0 Å². The Bertz CT molecular complexity index is 734. The van der Waals surface area contributed by atoms with Crippen LogP contribution in [0.3, 0.4) is 0 Å². The quantitative estimate of drug-likeness (QED) is 0.654. The van der Waals surface area contributed by atoms with Crippen LogP contribution in [0.15, 0.2) is 42.5 Å². The fraction of sp³-hybridized carbons (Fsp3) is 0.167. The van der Waals surface area contributed by atoms with Crippen molar-refractivity contribution in [2.45, 2.75) is 0 Å². The van der Waals surface area contributed by atoms with Crippen molar-refractivity contribution in [3.8, 4) is 17.2 Å². The summed E-state index contributed by atoms with van der Waals surface area (Å²) in [7, 11) is 4.60. The standard InChI is InChI=1S/C18H18O5/c1-21-14-6-4-5-12(9-14)10-15(18(19)20)13-7-8-16(22-2)17(11-13)23-3/h4-11H,1-3H3,(H,19,20)/b15-10-. The molecule has 0 aliphatic heterocycles. The number of methoxy groups -OCH3 is 3. The molecule has 1 N–H and O–H groups in total. The molecule has 5 heteroatoms. The maximum absolute atomic E-state index is 11.6. The molecule has 0 saturated carbocycles. The average Bonchev–Trinajstić information content (AvgIpc) is 2.59. The van der Waals surface area contributed by atoms with Crippen LogP contribution in [0, 0.1) is 0 Å². The molecule has 2 rings (SSSR count). The van der Waals surface area contributed by atoms with Gasteiger partial charge in [-0.3, -0.25) is 0 Å². The van der Waals surface area contributed by atoms with Crippen LogP contribution in [-0.2, 0) is 4.79 Å². The smallest absolute Gasteiger partial charge is 0.336 e. The van der Waals surface area contributed by atoms with Gasteiger partial charge in [0.1, 0.15) is 5.75 Å². The Balaban J connectivity index is 2.50. The van der Waals surface area contributed by atoms with E-state index in [4.69, 9.17) is 14.2 Å². The van der Waals surface area contributed by atoms with Gasteiger partial charge in [0.2, 0.25) is 0 Å². The van der Waals surface area contributed by atoms with E-state index in [1.165, 1.54) is 14.2 Å². The predicted molar refractivity (Wildman–Crippen MR) is 88.0 cm³/mol. The van der Waals surface area contributed by atoms with Gasteiger partial charge in [0.15, 0.2) is 11.5 Å². The van der Waals surface area contributed by atoms with Gasteiger partial charge in [0.25, 0.3) is 0 Å². The van der Waals surface area contributed by atoms with Gasteiger partial charge in [-0.15, -0.1) is 0 Å². The first-order valence-corrected chi connectivity index (χ1v) is 6.90. The number of carboxylic acids is 1. The number of hydrogen-bond donors (Lipinski definition) is 1. The number of carboxylic acid groups (broad SMARTS) is 1. The van der Waals surface area contributed by atoms with Crippen LogP contribution in [0.25, 0.3) is 11.6 Å². The Kier molecular flexibility index (Phi) is 5.25. The third kappa shape index (κ3) is 3.83. The fourth-order valence-electron chi connectivity index (χ4n) is 2.17. The zero-order valence-electron chi connectivity index (χ0n) is 13.2. The second kappa shape index (κ2) is 7.35. The topological polar surface area (TPSA) is 65.0 Å². The van der Waals surface area contributed by atoms with Crippen LogP contribution < -0.4 is 14.2 Å². The minimum Gasteiger partial charge on any atom is -0.497 e. The molecule has 0 bridgehead atoms. The summed E-state index contributed by atoms with van der Waals surface area (Å²) in [5.41, 5.74) is 1.41. The average molecular weight is 314 g/mol. The van der Waals surface area contributed by atoms with E-state index in [1.807, 2.05) is 6.07 Å². The largest absolute Gasteiger partial charge is 0.497 e. The molecular weight excluding hydrogens is 296 g/mol. The summed E-state index contributed by atoms with van der Waals surface area (Å²) in [6, 6.07) is 12.2. The summed E-state index contributed by atoms with van der Waals surface area (Å²) in [5.74, 6) is 0.654. The van der Waals surface area contributed by atoms with Gasteiger partial charge in [-0.25, -0.2) is 4.79 Å². The third-order valence-electron chi connectivity index (χ3n) is 3.33. The lowest BCUT2D eigenvalue weighted by Gasteiger charge is -2.10. The van der Waals surface area contributed by atoms with Crippen LogP contribution >= 0.6 is 0 Å². The maximum Gasteiger partial charge on any atom is 0.336 e. The van der Waals surface area contributed by atoms with Gasteiger partial charge in [-0.2, -0.15) is 0 Å². The normalized spacial score (nSPS) is 11.0. The van der Waals surface area contributed by atoms with E-state index in [1.54, 1.807) is 49.6 Å². The SMILES string of the molecule is COc1cccc(/C=C(\C(=O)O)c2ccc(OC)c(OC)c2)c1. The first-order chi connectivity index (χ1) is 11.1. The first-order valence-electron chi connectivity index (χ1n) is 6.90. The van der Waals surface area contributed by atoms with Crippen molar-refractivity contribution in [3.63, 3.8) is 0 Å². The zero-order chi connectivity index (χ0) is 16.8. The minimum atomic E-state index is -1.03. The van der Waals surface area contributed by atoms with Gasteiger partial charge >= 0.3 is 5.97 Å². The first kappa shape index (κ1) is 16.4. The molecule has 0 radical (unpaired) electrons. The number of benzene rings is 2. The van der Waals surface area contributed by atoms with Gasteiger partial charge in [0, 0.05) is 0 Å².